The Kier molecular flexibility index (Phi) is 4.25. The first-order valence-electron chi connectivity index (χ1n) is 7.20. The lowest BCUT2D eigenvalue weighted by molar-refractivity contribution is 0.102. The molecule has 0 aromatic heterocycles. The Hall–Kier alpha value is -3.27. The first-order valence-corrected chi connectivity index (χ1v) is 7.20. The van der Waals surface area contributed by atoms with Gasteiger partial charge in [-0.2, -0.15) is 0 Å². The summed E-state index contributed by atoms with van der Waals surface area (Å²) in [4.78, 5) is 12.1. The topological polar surface area (TPSA) is 64.4 Å². The quantitative estimate of drug-likeness (QED) is 0.706. The zero-order valence-electron chi connectivity index (χ0n) is 12.4. The maximum atomic E-state index is 12.1. The maximum absolute atomic E-state index is 12.1. The molecule has 3 N–H and O–H groups in total. The highest BCUT2D eigenvalue weighted by atomic mass is 16.5. The second-order valence-electron chi connectivity index (χ2n) is 5.02. The van der Waals surface area contributed by atoms with Crippen molar-refractivity contribution >= 4 is 17.3 Å². The SMILES string of the molecule is Nc1cccc(C(=O)Nc2ccc(Oc3ccccc3)cc2)c1. The lowest BCUT2D eigenvalue weighted by atomic mass is 10.2. The van der Waals surface area contributed by atoms with Crippen molar-refractivity contribution in [2.45, 2.75) is 0 Å². The zero-order valence-corrected chi connectivity index (χ0v) is 12.4. The van der Waals surface area contributed by atoms with Gasteiger partial charge in [-0.25, -0.2) is 0 Å². The van der Waals surface area contributed by atoms with Gasteiger partial charge < -0.3 is 15.8 Å². The van der Waals surface area contributed by atoms with Crippen molar-refractivity contribution in [1.29, 1.82) is 0 Å². The molecule has 3 aromatic rings. The molecule has 0 fully saturated rings. The van der Waals surface area contributed by atoms with Gasteiger partial charge in [-0.1, -0.05) is 24.3 Å². The van der Waals surface area contributed by atoms with Crippen molar-refractivity contribution in [2.75, 3.05) is 11.1 Å². The van der Waals surface area contributed by atoms with Crippen molar-refractivity contribution in [3.05, 3.63) is 84.4 Å². The number of hydrogen-bond acceptors (Lipinski definition) is 3. The molecule has 0 bridgehead atoms. The van der Waals surface area contributed by atoms with Crippen molar-refractivity contribution in [3.63, 3.8) is 0 Å². The van der Waals surface area contributed by atoms with E-state index in [2.05, 4.69) is 5.32 Å². The Morgan fingerprint density at radius 1 is 0.826 bits per heavy atom. The Bertz CT molecular complexity index is 799. The standard InChI is InChI=1S/C19H16N2O2/c20-15-6-4-5-14(13-15)19(22)21-16-9-11-18(12-10-16)23-17-7-2-1-3-8-17/h1-13H,20H2,(H,21,22). The summed E-state index contributed by atoms with van der Waals surface area (Å²) in [7, 11) is 0. The predicted molar refractivity (Wildman–Crippen MR) is 91.8 cm³/mol. The highest BCUT2D eigenvalue weighted by Crippen LogP contribution is 2.23. The number of nitrogen functional groups attached to an aromatic ring is 1. The van der Waals surface area contributed by atoms with Crippen LogP contribution in [0.1, 0.15) is 10.4 Å². The van der Waals surface area contributed by atoms with Gasteiger partial charge in [0.15, 0.2) is 0 Å². The largest absolute Gasteiger partial charge is 0.457 e. The fourth-order valence-electron chi connectivity index (χ4n) is 2.11. The van der Waals surface area contributed by atoms with Crippen LogP contribution in [-0.2, 0) is 0 Å². The monoisotopic (exact) mass is 304 g/mol. The second-order valence-corrected chi connectivity index (χ2v) is 5.02. The molecule has 0 radical (unpaired) electrons. The van der Waals surface area contributed by atoms with Gasteiger partial charge in [0.1, 0.15) is 11.5 Å². The zero-order chi connectivity index (χ0) is 16.1. The molecule has 0 aliphatic carbocycles. The first-order chi connectivity index (χ1) is 11.2. The highest BCUT2D eigenvalue weighted by Gasteiger charge is 2.06. The Morgan fingerprint density at radius 2 is 1.52 bits per heavy atom. The molecular weight excluding hydrogens is 288 g/mol. The van der Waals surface area contributed by atoms with E-state index in [4.69, 9.17) is 10.5 Å². The molecule has 0 heterocycles. The van der Waals surface area contributed by atoms with E-state index in [1.54, 1.807) is 36.4 Å². The summed E-state index contributed by atoms with van der Waals surface area (Å²) < 4.78 is 5.71. The fraction of sp³-hybridized carbons (Fsp3) is 0. The Labute approximate surface area is 134 Å². The molecule has 0 unspecified atom stereocenters. The van der Waals surface area contributed by atoms with Gasteiger partial charge in [-0.15, -0.1) is 0 Å². The summed E-state index contributed by atoms with van der Waals surface area (Å²) in [6, 6.07) is 23.6. The third kappa shape index (κ3) is 3.89. The van der Waals surface area contributed by atoms with Gasteiger partial charge in [-0.05, 0) is 54.6 Å². The normalized spacial score (nSPS) is 10.1. The molecular formula is C19H16N2O2. The number of benzene rings is 3. The molecule has 0 aliphatic rings. The first kappa shape index (κ1) is 14.7. The average molecular weight is 304 g/mol. The molecule has 0 saturated heterocycles. The number of nitrogens with one attached hydrogen (secondary N) is 1. The van der Waals surface area contributed by atoms with Crippen LogP contribution in [0.4, 0.5) is 11.4 Å². The third-order valence-corrected chi connectivity index (χ3v) is 3.24. The van der Waals surface area contributed by atoms with E-state index < -0.39 is 0 Å². The summed E-state index contributed by atoms with van der Waals surface area (Å²) in [6.45, 7) is 0. The van der Waals surface area contributed by atoms with E-state index in [-0.39, 0.29) is 5.91 Å². The lowest BCUT2D eigenvalue weighted by Gasteiger charge is -2.08. The van der Waals surface area contributed by atoms with E-state index in [0.717, 1.165) is 5.75 Å². The van der Waals surface area contributed by atoms with Crippen LogP contribution >= 0.6 is 0 Å². The van der Waals surface area contributed by atoms with E-state index in [1.165, 1.54) is 0 Å². The van der Waals surface area contributed by atoms with Crippen molar-refractivity contribution in [1.82, 2.24) is 0 Å². The Balaban J connectivity index is 1.67. The number of carbonyl (C=O) groups is 1. The summed E-state index contributed by atoms with van der Waals surface area (Å²) in [5, 5.41) is 2.83. The number of anilines is 2. The van der Waals surface area contributed by atoms with Crippen molar-refractivity contribution in [3.8, 4) is 11.5 Å². The summed E-state index contributed by atoms with van der Waals surface area (Å²) in [5.74, 6) is 1.27. The van der Waals surface area contributed by atoms with E-state index in [1.807, 2.05) is 42.5 Å². The number of para-hydroxylation sites is 1. The highest BCUT2D eigenvalue weighted by molar-refractivity contribution is 6.04. The molecule has 0 aliphatic heterocycles. The molecule has 1 amide bonds. The maximum Gasteiger partial charge on any atom is 0.255 e. The summed E-state index contributed by atoms with van der Waals surface area (Å²) >= 11 is 0. The van der Waals surface area contributed by atoms with Crippen molar-refractivity contribution < 1.29 is 9.53 Å². The van der Waals surface area contributed by atoms with Gasteiger partial charge in [0.2, 0.25) is 0 Å². The molecule has 4 heteroatoms. The van der Waals surface area contributed by atoms with E-state index >= 15 is 0 Å². The predicted octanol–water partition coefficient (Wildman–Crippen LogP) is 4.31. The molecule has 23 heavy (non-hydrogen) atoms. The molecule has 114 valence electrons. The van der Waals surface area contributed by atoms with Gasteiger partial charge >= 0.3 is 0 Å². The summed E-state index contributed by atoms with van der Waals surface area (Å²) in [5.41, 5.74) is 7.46. The molecule has 3 aromatic carbocycles. The number of ether oxygens (including phenoxy) is 1. The van der Waals surface area contributed by atoms with Crippen LogP contribution in [-0.4, -0.2) is 5.91 Å². The van der Waals surface area contributed by atoms with Gasteiger partial charge in [-0.3, -0.25) is 4.79 Å². The van der Waals surface area contributed by atoms with Crippen LogP contribution in [0.2, 0.25) is 0 Å². The second kappa shape index (κ2) is 6.66. The smallest absolute Gasteiger partial charge is 0.255 e. The minimum Gasteiger partial charge on any atom is -0.457 e. The number of nitrogens with two attached hydrogens (primary N) is 1. The number of amides is 1. The molecule has 0 saturated carbocycles. The lowest BCUT2D eigenvalue weighted by Crippen LogP contribution is -2.11. The third-order valence-electron chi connectivity index (χ3n) is 3.24. The summed E-state index contributed by atoms with van der Waals surface area (Å²) in [6.07, 6.45) is 0. The van der Waals surface area contributed by atoms with Crippen LogP contribution < -0.4 is 15.8 Å². The minimum atomic E-state index is -0.200. The van der Waals surface area contributed by atoms with Crippen LogP contribution in [0.15, 0.2) is 78.9 Å². The van der Waals surface area contributed by atoms with Crippen LogP contribution in [0.3, 0.4) is 0 Å². The average Bonchev–Trinajstić information content (AvgIpc) is 2.57. The minimum absolute atomic E-state index is 0.200. The molecule has 0 atom stereocenters. The number of carbonyl (C=O) groups excluding carboxylic acids is 1. The number of rotatable bonds is 4. The van der Waals surface area contributed by atoms with Gasteiger partial charge in [0, 0.05) is 16.9 Å². The number of hydrogen-bond donors (Lipinski definition) is 2. The molecule has 4 nitrogen and oxygen atoms in total. The van der Waals surface area contributed by atoms with E-state index in [9.17, 15) is 4.79 Å². The fourth-order valence-corrected chi connectivity index (χ4v) is 2.11. The molecule has 0 spiro atoms. The van der Waals surface area contributed by atoms with Crippen LogP contribution in [0.25, 0.3) is 0 Å². The molecule has 3 rings (SSSR count). The van der Waals surface area contributed by atoms with Crippen LogP contribution in [0.5, 0.6) is 11.5 Å². The van der Waals surface area contributed by atoms with Gasteiger partial charge in [0.05, 0.1) is 0 Å². The van der Waals surface area contributed by atoms with E-state index in [0.29, 0.717) is 22.7 Å². The van der Waals surface area contributed by atoms with Gasteiger partial charge in [0.25, 0.3) is 5.91 Å². The Morgan fingerprint density at radius 3 is 2.22 bits per heavy atom. The van der Waals surface area contributed by atoms with Crippen molar-refractivity contribution in [2.24, 2.45) is 0 Å². The van der Waals surface area contributed by atoms with Crippen LogP contribution in [0, 0.1) is 0 Å².